The Kier molecular flexibility index (Phi) is 6.54. The Labute approximate surface area is 198 Å². The van der Waals surface area contributed by atoms with Crippen LogP contribution in [0.2, 0.25) is 0 Å². The van der Waals surface area contributed by atoms with Gasteiger partial charge in [0.05, 0.1) is 20.0 Å². The first kappa shape index (κ1) is 22.6. The molecule has 1 aliphatic rings. The van der Waals surface area contributed by atoms with Gasteiger partial charge in [0, 0.05) is 76.4 Å². The summed E-state index contributed by atoms with van der Waals surface area (Å²) in [5, 5.41) is 0. The molecular formula is C27H36N6. The fraction of sp³-hybridized carbons (Fsp3) is 0.333. The Hall–Kier alpha value is -3.54. The van der Waals surface area contributed by atoms with Crippen LogP contribution in [0.25, 0.3) is 0 Å². The van der Waals surface area contributed by atoms with Crippen molar-refractivity contribution >= 4 is 34.1 Å². The SMILES string of the molecule is CN(C)c1ccc(N2CN(c3ccc(N(C)C)cc3)CN(c3ccc(N(C)C)cc3)C2)cc1. The normalized spacial score (nSPS) is 13.8. The summed E-state index contributed by atoms with van der Waals surface area (Å²) in [7, 11) is 12.5. The molecule has 0 radical (unpaired) electrons. The third kappa shape index (κ3) is 5.11. The van der Waals surface area contributed by atoms with Crippen LogP contribution >= 0.6 is 0 Å². The molecule has 0 amide bonds. The van der Waals surface area contributed by atoms with Crippen molar-refractivity contribution in [3.63, 3.8) is 0 Å². The number of hydrogen-bond donors (Lipinski definition) is 0. The van der Waals surface area contributed by atoms with E-state index in [1.54, 1.807) is 0 Å². The van der Waals surface area contributed by atoms with E-state index in [4.69, 9.17) is 0 Å². The summed E-state index contributed by atoms with van der Waals surface area (Å²) in [6.07, 6.45) is 0. The van der Waals surface area contributed by atoms with E-state index < -0.39 is 0 Å². The molecule has 0 N–H and O–H groups in total. The molecule has 174 valence electrons. The Morgan fingerprint density at radius 3 is 0.788 bits per heavy atom. The molecule has 1 fully saturated rings. The summed E-state index contributed by atoms with van der Waals surface area (Å²) in [6.45, 7) is 2.53. The Morgan fingerprint density at radius 1 is 0.394 bits per heavy atom. The topological polar surface area (TPSA) is 19.4 Å². The van der Waals surface area contributed by atoms with Gasteiger partial charge in [-0.15, -0.1) is 0 Å². The van der Waals surface area contributed by atoms with Gasteiger partial charge in [-0.2, -0.15) is 0 Å². The van der Waals surface area contributed by atoms with Gasteiger partial charge in [-0.3, -0.25) is 0 Å². The van der Waals surface area contributed by atoms with Crippen LogP contribution in [0, 0.1) is 0 Å². The van der Waals surface area contributed by atoms with Gasteiger partial charge in [-0.1, -0.05) is 0 Å². The zero-order valence-electron chi connectivity index (χ0n) is 20.7. The number of rotatable bonds is 6. The van der Waals surface area contributed by atoms with E-state index >= 15 is 0 Å². The average Bonchev–Trinajstić information content (AvgIpc) is 2.84. The van der Waals surface area contributed by atoms with E-state index in [2.05, 4.69) is 144 Å². The molecule has 1 heterocycles. The monoisotopic (exact) mass is 444 g/mol. The number of benzene rings is 3. The minimum absolute atomic E-state index is 0.842. The van der Waals surface area contributed by atoms with Crippen molar-refractivity contribution in [2.45, 2.75) is 0 Å². The molecule has 0 spiro atoms. The van der Waals surface area contributed by atoms with Crippen LogP contribution in [-0.4, -0.2) is 62.3 Å². The standard InChI is InChI=1S/C27H36N6/c1-28(2)22-7-13-25(14-8-22)31-19-32(26-15-9-23(10-16-26)29(3)4)21-33(20-31)27-17-11-24(12-18-27)30(5)6/h7-18H,19-21H2,1-6H3. The van der Waals surface area contributed by atoms with Crippen molar-refractivity contribution in [3.05, 3.63) is 72.8 Å². The summed E-state index contributed by atoms with van der Waals surface area (Å²) in [6, 6.07) is 26.5. The minimum atomic E-state index is 0.842. The Bertz CT molecular complexity index is 883. The molecule has 3 aromatic carbocycles. The van der Waals surface area contributed by atoms with Gasteiger partial charge in [-0.25, -0.2) is 0 Å². The summed E-state index contributed by atoms with van der Waals surface area (Å²) in [4.78, 5) is 13.7. The molecule has 0 unspecified atom stereocenters. The van der Waals surface area contributed by atoms with Crippen LogP contribution in [0.3, 0.4) is 0 Å². The second-order valence-electron chi connectivity index (χ2n) is 9.28. The first-order valence-corrected chi connectivity index (χ1v) is 11.4. The highest BCUT2D eigenvalue weighted by Crippen LogP contribution is 2.29. The van der Waals surface area contributed by atoms with Crippen molar-refractivity contribution in [1.29, 1.82) is 0 Å². The molecule has 0 bridgehead atoms. The first-order chi connectivity index (χ1) is 15.8. The highest BCUT2D eigenvalue weighted by molar-refractivity contribution is 5.64. The van der Waals surface area contributed by atoms with Crippen molar-refractivity contribution in [3.8, 4) is 0 Å². The maximum atomic E-state index is 2.43. The van der Waals surface area contributed by atoms with E-state index in [0.29, 0.717) is 0 Å². The molecule has 0 aromatic heterocycles. The number of hydrogen-bond acceptors (Lipinski definition) is 6. The van der Waals surface area contributed by atoms with Gasteiger partial charge in [0.2, 0.25) is 0 Å². The van der Waals surface area contributed by atoms with Gasteiger partial charge in [0.1, 0.15) is 0 Å². The lowest BCUT2D eigenvalue weighted by atomic mass is 10.2. The summed E-state index contributed by atoms with van der Waals surface area (Å²) in [5.41, 5.74) is 7.31. The van der Waals surface area contributed by atoms with Crippen LogP contribution in [0.1, 0.15) is 0 Å². The molecule has 6 nitrogen and oxygen atoms in total. The predicted octanol–water partition coefficient (Wildman–Crippen LogP) is 4.59. The van der Waals surface area contributed by atoms with Gasteiger partial charge in [0.25, 0.3) is 0 Å². The van der Waals surface area contributed by atoms with Crippen LogP contribution in [0.15, 0.2) is 72.8 Å². The third-order valence-electron chi connectivity index (χ3n) is 6.22. The Balaban J connectivity index is 1.63. The van der Waals surface area contributed by atoms with Crippen LogP contribution in [-0.2, 0) is 0 Å². The molecule has 33 heavy (non-hydrogen) atoms. The third-order valence-corrected chi connectivity index (χ3v) is 6.22. The van der Waals surface area contributed by atoms with E-state index in [0.717, 1.165) is 20.0 Å². The van der Waals surface area contributed by atoms with Crippen LogP contribution in [0.4, 0.5) is 34.1 Å². The quantitative estimate of drug-likeness (QED) is 0.550. The molecule has 4 rings (SSSR count). The summed E-state index contributed by atoms with van der Waals surface area (Å²) < 4.78 is 0. The van der Waals surface area contributed by atoms with Gasteiger partial charge >= 0.3 is 0 Å². The Morgan fingerprint density at radius 2 is 0.606 bits per heavy atom. The summed E-state index contributed by atoms with van der Waals surface area (Å²) >= 11 is 0. The maximum Gasteiger partial charge on any atom is 0.0937 e. The van der Waals surface area contributed by atoms with Gasteiger partial charge in [0.15, 0.2) is 0 Å². The largest absolute Gasteiger partial charge is 0.378 e. The van der Waals surface area contributed by atoms with E-state index in [1.165, 1.54) is 34.1 Å². The molecular weight excluding hydrogens is 408 g/mol. The van der Waals surface area contributed by atoms with E-state index in [-0.39, 0.29) is 0 Å². The van der Waals surface area contributed by atoms with E-state index in [9.17, 15) is 0 Å². The second-order valence-corrected chi connectivity index (χ2v) is 9.28. The highest BCUT2D eigenvalue weighted by atomic mass is 15.5. The minimum Gasteiger partial charge on any atom is -0.378 e. The molecule has 0 saturated carbocycles. The first-order valence-electron chi connectivity index (χ1n) is 11.4. The molecule has 0 aliphatic carbocycles. The molecule has 1 saturated heterocycles. The van der Waals surface area contributed by atoms with Crippen LogP contribution < -0.4 is 29.4 Å². The van der Waals surface area contributed by atoms with Crippen molar-refractivity contribution < 1.29 is 0 Å². The van der Waals surface area contributed by atoms with Crippen LogP contribution in [0.5, 0.6) is 0 Å². The fourth-order valence-electron chi connectivity index (χ4n) is 4.13. The molecule has 3 aromatic rings. The average molecular weight is 445 g/mol. The maximum absolute atomic E-state index is 2.43. The van der Waals surface area contributed by atoms with Crippen molar-refractivity contribution in [2.24, 2.45) is 0 Å². The lowest BCUT2D eigenvalue weighted by Gasteiger charge is -2.45. The second kappa shape index (κ2) is 9.53. The van der Waals surface area contributed by atoms with Gasteiger partial charge < -0.3 is 29.4 Å². The smallest absolute Gasteiger partial charge is 0.0937 e. The van der Waals surface area contributed by atoms with E-state index in [1.807, 2.05) is 0 Å². The molecule has 6 heteroatoms. The molecule has 0 atom stereocenters. The van der Waals surface area contributed by atoms with Gasteiger partial charge in [-0.05, 0) is 72.8 Å². The highest BCUT2D eigenvalue weighted by Gasteiger charge is 2.24. The fourth-order valence-corrected chi connectivity index (χ4v) is 4.13. The number of anilines is 6. The zero-order chi connectivity index (χ0) is 23.5. The molecule has 1 aliphatic heterocycles. The predicted molar refractivity (Wildman–Crippen MR) is 144 cm³/mol. The lowest BCUT2D eigenvalue weighted by molar-refractivity contribution is 0.611. The lowest BCUT2D eigenvalue weighted by Crippen LogP contribution is -2.55. The zero-order valence-corrected chi connectivity index (χ0v) is 20.7. The summed E-state index contributed by atoms with van der Waals surface area (Å²) in [5.74, 6) is 0. The number of nitrogens with zero attached hydrogens (tertiary/aromatic N) is 6. The van der Waals surface area contributed by atoms with Crippen molar-refractivity contribution in [1.82, 2.24) is 0 Å². The van der Waals surface area contributed by atoms with Crippen molar-refractivity contribution in [2.75, 3.05) is 91.7 Å².